The lowest BCUT2D eigenvalue weighted by Gasteiger charge is -2.07. The molecule has 0 spiro atoms. The van der Waals surface area contributed by atoms with E-state index in [1.165, 1.54) is 0 Å². The van der Waals surface area contributed by atoms with Gasteiger partial charge in [0.15, 0.2) is 0 Å². The van der Waals surface area contributed by atoms with E-state index in [2.05, 4.69) is 9.97 Å². The summed E-state index contributed by atoms with van der Waals surface area (Å²) in [6, 6.07) is 15.8. The third-order valence-corrected chi connectivity index (χ3v) is 4.27. The Labute approximate surface area is 146 Å². The van der Waals surface area contributed by atoms with Crippen LogP contribution in [0.4, 0.5) is 0 Å². The molecule has 4 nitrogen and oxygen atoms in total. The fourth-order valence-electron chi connectivity index (χ4n) is 3.09. The SMILES string of the molecule is CC.COc1ccc2[nH]c3c(-c4ccccc4)c(C)c(=O)[nH]c3c2c1. The second-order valence-electron chi connectivity index (χ2n) is 5.61. The molecular weight excluding hydrogens is 312 g/mol. The Morgan fingerprint density at radius 1 is 0.920 bits per heavy atom. The first kappa shape index (κ1) is 16.8. The van der Waals surface area contributed by atoms with E-state index in [4.69, 9.17) is 4.74 Å². The Bertz CT molecular complexity index is 1080. The molecule has 2 heterocycles. The van der Waals surface area contributed by atoms with Crippen molar-refractivity contribution in [3.05, 3.63) is 64.4 Å². The Balaban J connectivity index is 0.000000880. The number of aromatic nitrogens is 2. The molecule has 0 aliphatic carbocycles. The summed E-state index contributed by atoms with van der Waals surface area (Å²) in [6.45, 7) is 5.85. The smallest absolute Gasteiger partial charge is 0.252 e. The normalized spacial score (nSPS) is 10.6. The van der Waals surface area contributed by atoms with Crippen LogP contribution in [-0.2, 0) is 0 Å². The molecule has 0 aliphatic rings. The van der Waals surface area contributed by atoms with Crippen LogP contribution in [0.25, 0.3) is 33.1 Å². The molecule has 128 valence electrons. The predicted molar refractivity (Wildman–Crippen MR) is 104 cm³/mol. The third kappa shape index (κ3) is 2.80. The van der Waals surface area contributed by atoms with Gasteiger partial charge in [0.05, 0.1) is 18.1 Å². The number of ether oxygens (including phenoxy) is 1. The van der Waals surface area contributed by atoms with Crippen molar-refractivity contribution in [3.63, 3.8) is 0 Å². The highest BCUT2D eigenvalue weighted by Crippen LogP contribution is 2.33. The molecule has 0 saturated carbocycles. The lowest BCUT2D eigenvalue weighted by molar-refractivity contribution is 0.415. The molecule has 4 heteroatoms. The molecule has 0 atom stereocenters. The second-order valence-corrected chi connectivity index (χ2v) is 5.61. The van der Waals surface area contributed by atoms with Crippen LogP contribution in [0.3, 0.4) is 0 Å². The Kier molecular flexibility index (Phi) is 4.61. The minimum absolute atomic E-state index is 0.0694. The van der Waals surface area contributed by atoms with E-state index in [1.807, 2.05) is 69.3 Å². The molecule has 2 N–H and O–H groups in total. The summed E-state index contributed by atoms with van der Waals surface area (Å²) < 4.78 is 5.30. The molecule has 0 saturated heterocycles. The van der Waals surface area contributed by atoms with Crippen molar-refractivity contribution >= 4 is 21.9 Å². The number of hydrogen-bond donors (Lipinski definition) is 2. The van der Waals surface area contributed by atoms with Crippen LogP contribution in [0, 0.1) is 6.92 Å². The van der Waals surface area contributed by atoms with E-state index in [0.29, 0.717) is 5.56 Å². The molecule has 0 bridgehead atoms. The van der Waals surface area contributed by atoms with E-state index in [0.717, 1.165) is 38.8 Å². The van der Waals surface area contributed by atoms with Gasteiger partial charge in [-0.15, -0.1) is 0 Å². The maximum atomic E-state index is 12.4. The third-order valence-electron chi connectivity index (χ3n) is 4.27. The highest BCUT2D eigenvalue weighted by molar-refractivity contribution is 6.10. The van der Waals surface area contributed by atoms with Gasteiger partial charge >= 0.3 is 0 Å². The van der Waals surface area contributed by atoms with Crippen molar-refractivity contribution in [2.45, 2.75) is 20.8 Å². The van der Waals surface area contributed by atoms with Gasteiger partial charge < -0.3 is 14.7 Å². The van der Waals surface area contributed by atoms with Gasteiger partial charge in [-0.3, -0.25) is 4.79 Å². The average molecular weight is 334 g/mol. The predicted octanol–water partition coefficient (Wildman–Crippen LogP) is 5.02. The zero-order chi connectivity index (χ0) is 18.0. The topological polar surface area (TPSA) is 57.9 Å². The van der Waals surface area contributed by atoms with E-state index in [9.17, 15) is 4.79 Å². The molecule has 0 amide bonds. The van der Waals surface area contributed by atoms with Gasteiger partial charge in [-0.2, -0.15) is 0 Å². The summed E-state index contributed by atoms with van der Waals surface area (Å²) in [4.78, 5) is 18.9. The first-order valence-corrected chi connectivity index (χ1v) is 8.47. The molecular formula is C21H22N2O2. The number of rotatable bonds is 2. The Hall–Kier alpha value is -3.01. The molecule has 0 unspecified atom stereocenters. The fraction of sp³-hybridized carbons (Fsp3) is 0.190. The highest BCUT2D eigenvalue weighted by Gasteiger charge is 2.15. The van der Waals surface area contributed by atoms with Gasteiger partial charge in [0, 0.05) is 22.0 Å². The van der Waals surface area contributed by atoms with Crippen LogP contribution in [-0.4, -0.2) is 17.1 Å². The van der Waals surface area contributed by atoms with Crippen LogP contribution >= 0.6 is 0 Å². The van der Waals surface area contributed by atoms with Crippen LogP contribution in [0.5, 0.6) is 5.75 Å². The molecule has 0 fully saturated rings. The monoisotopic (exact) mass is 334 g/mol. The first-order chi connectivity index (χ1) is 12.2. The first-order valence-electron chi connectivity index (χ1n) is 8.47. The van der Waals surface area contributed by atoms with Gasteiger partial charge in [0.2, 0.25) is 0 Å². The van der Waals surface area contributed by atoms with Gasteiger partial charge in [-0.25, -0.2) is 0 Å². The molecule has 4 aromatic rings. The largest absolute Gasteiger partial charge is 0.497 e. The van der Waals surface area contributed by atoms with Crippen molar-refractivity contribution in [1.82, 2.24) is 9.97 Å². The lowest BCUT2D eigenvalue weighted by Crippen LogP contribution is -2.10. The number of H-pyrrole nitrogens is 2. The molecule has 0 radical (unpaired) electrons. The van der Waals surface area contributed by atoms with Crippen molar-refractivity contribution in [2.75, 3.05) is 7.11 Å². The van der Waals surface area contributed by atoms with E-state index >= 15 is 0 Å². The summed E-state index contributed by atoms with van der Waals surface area (Å²) in [5, 5.41) is 0.952. The minimum atomic E-state index is -0.0694. The molecule has 25 heavy (non-hydrogen) atoms. The standard InChI is InChI=1S/C19H16N2O2.C2H6/c1-11-16(12-6-4-3-5-7-12)18-17(21-19(11)22)14-10-13(23-2)8-9-15(14)20-18;1-2/h3-10,20H,1-2H3,(H,21,22);1-2H3. The van der Waals surface area contributed by atoms with Crippen molar-refractivity contribution in [2.24, 2.45) is 0 Å². The fourth-order valence-corrected chi connectivity index (χ4v) is 3.09. The van der Waals surface area contributed by atoms with Crippen LogP contribution < -0.4 is 10.3 Å². The number of benzene rings is 2. The second kappa shape index (κ2) is 6.85. The van der Waals surface area contributed by atoms with E-state index in [1.54, 1.807) is 7.11 Å². The van der Waals surface area contributed by atoms with Gasteiger partial charge in [0.25, 0.3) is 5.56 Å². The molecule has 2 aromatic heterocycles. The zero-order valence-corrected chi connectivity index (χ0v) is 14.9. The summed E-state index contributed by atoms with van der Waals surface area (Å²) in [6.07, 6.45) is 0. The number of pyridine rings is 1. The van der Waals surface area contributed by atoms with Crippen LogP contribution in [0.15, 0.2) is 53.3 Å². The average Bonchev–Trinajstić information content (AvgIpc) is 3.02. The van der Waals surface area contributed by atoms with Crippen LogP contribution in [0.1, 0.15) is 19.4 Å². The Morgan fingerprint density at radius 2 is 1.64 bits per heavy atom. The summed E-state index contributed by atoms with van der Waals surface area (Å²) in [5.74, 6) is 0.765. The number of hydrogen-bond acceptors (Lipinski definition) is 2. The number of fused-ring (bicyclic) bond motifs is 3. The summed E-state index contributed by atoms with van der Waals surface area (Å²) in [7, 11) is 1.64. The highest BCUT2D eigenvalue weighted by atomic mass is 16.5. The Morgan fingerprint density at radius 3 is 2.32 bits per heavy atom. The lowest BCUT2D eigenvalue weighted by atomic mass is 10.0. The van der Waals surface area contributed by atoms with Crippen molar-refractivity contribution < 1.29 is 4.74 Å². The zero-order valence-electron chi connectivity index (χ0n) is 14.9. The van der Waals surface area contributed by atoms with Crippen molar-refractivity contribution in [1.29, 1.82) is 0 Å². The maximum Gasteiger partial charge on any atom is 0.252 e. The maximum absolute atomic E-state index is 12.4. The molecule has 0 aliphatic heterocycles. The van der Waals surface area contributed by atoms with E-state index in [-0.39, 0.29) is 5.56 Å². The number of nitrogens with one attached hydrogen (secondary N) is 2. The minimum Gasteiger partial charge on any atom is -0.497 e. The molecule has 2 aromatic carbocycles. The van der Waals surface area contributed by atoms with Gasteiger partial charge in [0.1, 0.15) is 5.75 Å². The quantitative estimate of drug-likeness (QED) is 0.541. The van der Waals surface area contributed by atoms with Crippen LogP contribution in [0.2, 0.25) is 0 Å². The van der Waals surface area contributed by atoms with Gasteiger partial charge in [-0.05, 0) is 30.7 Å². The van der Waals surface area contributed by atoms with E-state index < -0.39 is 0 Å². The number of methoxy groups -OCH3 is 1. The van der Waals surface area contributed by atoms with Gasteiger partial charge in [-0.1, -0.05) is 44.2 Å². The molecule has 4 rings (SSSR count). The van der Waals surface area contributed by atoms with Crippen molar-refractivity contribution in [3.8, 4) is 16.9 Å². The number of aromatic amines is 2. The summed E-state index contributed by atoms with van der Waals surface area (Å²) >= 11 is 0. The summed E-state index contributed by atoms with van der Waals surface area (Å²) in [5.41, 5.74) is 5.34.